The van der Waals surface area contributed by atoms with E-state index in [1.54, 1.807) is 24.3 Å². The van der Waals surface area contributed by atoms with Crippen molar-refractivity contribution in [2.45, 2.75) is 10.4 Å². The fourth-order valence-corrected chi connectivity index (χ4v) is 5.91. The number of carbonyl (C=O) groups is 1. The molecule has 8 heteroatoms. The first-order valence-electron chi connectivity index (χ1n) is 10.5. The zero-order chi connectivity index (χ0) is 23.5. The van der Waals surface area contributed by atoms with Crippen LogP contribution in [0.5, 0.6) is 11.5 Å². The van der Waals surface area contributed by atoms with Crippen LogP contribution in [-0.2, 0) is 14.8 Å². The molecule has 34 heavy (non-hydrogen) atoms. The molecule has 1 fully saturated rings. The Bertz CT molecular complexity index is 1500. The number of benzene rings is 4. The fourth-order valence-electron chi connectivity index (χ4n) is 3.55. The van der Waals surface area contributed by atoms with Gasteiger partial charge >= 0.3 is 0 Å². The van der Waals surface area contributed by atoms with Gasteiger partial charge in [0.1, 0.15) is 17.0 Å². The number of carbonyl (C=O) groups excluding carboxylic acids is 1. The summed E-state index contributed by atoms with van der Waals surface area (Å²) in [6.07, 6.45) is 1.70. The number of sulfonamides is 1. The molecule has 0 saturated carbocycles. The maximum absolute atomic E-state index is 12.9. The molecule has 4 aromatic rings. The highest BCUT2D eigenvalue weighted by molar-refractivity contribution is 8.05. The number of rotatable bonds is 6. The lowest BCUT2D eigenvalue weighted by molar-refractivity contribution is -0.116. The summed E-state index contributed by atoms with van der Waals surface area (Å²) in [6.45, 7) is 0. The highest BCUT2D eigenvalue weighted by Crippen LogP contribution is 2.33. The van der Waals surface area contributed by atoms with Crippen molar-refractivity contribution in [2.24, 2.45) is 0 Å². The van der Waals surface area contributed by atoms with Gasteiger partial charge in [-0.15, -0.1) is 0 Å². The third-order valence-corrected chi connectivity index (χ3v) is 7.80. The summed E-state index contributed by atoms with van der Waals surface area (Å²) < 4.78 is 34.4. The minimum atomic E-state index is -3.84. The minimum absolute atomic E-state index is 0.139. The summed E-state index contributed by atoms with van der Waals surface area (Å²) in [5.41, 5.74) is -0.112. The van der Waals surface area contributed by atoms with Crippen LogP contribution in [0.4, 0.5) is 0 Å². The zero-order valence-corrected chi connectivity index (χ0v) is 19.5. The zero-order valence-electron chi connectivity index (χ0n) is 17.8. The lowest BCUT2D eigenvalue weighted by Crippen LogP contribution is -2.40. The summed E-state index contributed by atoms with van der Waals surface area (Å²) >= 11 is 1.11. The third-order valence-electron chi connectivity index (χ3n) is 5.20. The fraction of sp³-hybridized carbons (Fsp3) is 0.0385. The van der Waals surface area contributed by atoms with E-state index in [1.165, 1.54) is 0 Å². The summed E-state index contributed by atoms with van der Waals surface area (Å²) in [6, 6.07) is 29.2. The molecule has 1 amide bonds. The molecule has 1 heterocycles. The molecule has 4 aromatic carbocycles. The number of ether oxygens (including phenoxy) is 1. The van der Waals surface area contributed by atoms with Gasteiger partial charge in [0.25, 0.3) is 5.91 Å². The Balaban J connectivity index is 1.35. The van der Waals surface area contributed by atoms with Crippen molar-refractivity contribution >= 4 is 44.5 Å². The Morgan fingerprint density at radius 1 is 0.853 bits per heavy atom. The first-order chi connectivity index (χ1) is 16.5. The second-order valence-corrected chi connectivity index (χ2v) is 10.4. The van der Waals surface area contributed by atoms with Gasteiger partial charge in [0.15, 0.2) is 0 Å². The molecule has 6 nitrogen and oxygen atoms in total. The van der Waals surface area contributed by atoms with Gasteiger partial charge in [-0.05, 0) is 47.2 Å². The summed E-state index contributed by atoms with van der Waals surface area (Å²) in [7, 11) is -3.84. The highest BCUT2D eigenvalue weighted by Gasteiger charge is 2.31. The molecule has 1 aliphatic heterocycles. The van der Waals surface area contributed by atoms with Gasteiger partial charge in [-0.3, -0.25) is 4.79 Å². The van der Waals surface area contributed by atoms with E-state index in [2.05, 4.69) is 10.0 Å². The maximum atomic E-state index is 12.9. The Labute approximate surface area is 201 Å². The van der Waals surface area contributed by atoms with Crippen molar-refractivity contribution in [3.05, 3.63) is 108 Å². The number of thioether (sulfide) groups is 1. The molecule has 1 saturated heterocycles. The van der Waals surface area contributed by atoms with Crippen LogP contribution in [0.2, 0.25) is 0 Å². The molecule has 0 spiro atoms. The van der Waals surface area contributed by atoms with Gasteiger partial charge in [-0.1, -0.05) is 78.5 Å². The Morgan fingerprint density at radius 2 is 1.56 bits per heavy atom. The molecule has 0 aliphatic carbocycles. The first kappa shape index (κ1) is 22.2. The first-order valence-corrected chi connectivity index (χ1v) is 12.9. The van der Waals surface area contributed by atoms with E-state index in [9.17, 15) is 13.2 Å². The van der Waals surface area contributed by atoms with E-state index in [0.29, 0.717) is 22.0 Å². The van der Waals surface area contributed by atoms with Crippen LogP contribution < -0.4 is 14.8 Å². The standard InChI is InChI=1S/C26H20N2O4S2/c29-25-24(17-20-10-6-7-13-23(20)32-21-11-2-1-3-12-21)33-26(27-25)28-34(30,31)22-15-14-18-8-4-5-9-19(18)16-22/h1-17,26,28H,(H,27,29)/b24-17-. The molecular formula is C26H20N2O4S2. The average Bonchev–Trinajstić information content (AvgIpc) is 3.18. The van der Waals surface area contributed by atoms with E-state index in [0.717, 1.165) is 22.5 Å². The average molecular weight is 489 g/mol. The minimum Gasteiger partial charge on any atom is -0.457 e. The molecule has 1 atom stereocenters. The van der Waals surface area contributed by atoms with Gasteiger partial charge in [-0.25, -0.2) is 8.42 Å². The topological polar surface area (TPSA) is 84.5 Å². The molecule has 1 unspecified atom stereocenters. The molecule has 2 N–H and O–H groups in total. The van der Waals surface area contributed by atoms with Crippen LogP contribution in [0.25, 0.3) is 16.8 Å². The van der Waals surface area contributed by atoms with Crippen LogP contribution in [-0.4, -0.2) is 19.8 Å². The molecule has 0 bridgehead atoms. The van der Waals surface area contributed by atoms with E-state index < -0.39 is 15.5 Å². The predicted octanol–water partition coefficient (Wildman–Crippen LogP) is 5.10. The maximum Gasteiger partial charge on any atom is 0.259 e. The number of hydrogen-bond donors (Lipinski definition) is 2. The van der Waals surface area contributed by atoms with Gasteiger partial charge in [0.2, 0.25) is 10.0 Å². The number of fused-ring (bicyclic) bond motifs is 1. The largest absolute Gasteiger partial charge is 0.457 e. The highest BCUT2D eigenvalue weighted by atomic mass is 32.2. The normalized spacial score (nSPS) is 17.1. The molecule has 5 rings (SSSR count). The second-order valence-electron chi connectivity index (χ2n) is 7.56. The van der Waals surface area contributed by atoms with Crippen LogP contribution in [0.1, 0.15) is 5.56 Å². The Hall–Kier alpha value is -3.59. The third kappa shape index (κ3) is 4.84. The van der Waals surface area contributed by atoms with Crippen molar-refractivity contribution in [3.63, 3.8) is 0 Å². The lowest BCUT2D eigenvalue weighted by atomic mass is 10.1. The van der Waals surface area contributed by atoms with E-state index in [4.69, 9.17) is 4.74 Å². The van der Waals surface area contributed by atoms with Crippen molar-refractivity contribution in [2.75, 3.05) is 0 Å². The van der Waals surface area contributed by atoms with Crippen molar-refractivity contribution < 1.29 is 17.9 Å². The Morgan fingerprint density at radius 3 is 2.38 bits per heavy atom. The van der Waals surface area contributed by atoms with Crippen molar-refractivity contribution in [1.29, 1.82) is 0 Å². The van der Waals surface area contributed by atoms with Crippen LogP contribution in [0.3, 0.4) is 0 Å². The predicted molar refractivity (Wildman–Crippen MR) is 135 cm³/mol. The molecule has 170 valence electrons. The number of nitrogens with one attached hydrogen (secondary N) is 2. The van der Waals surface area contributed by atoms with Crippen LogP contribution in [0.15, 0.2) is 107 Å². The molecular weight excluding hydrogens is 468 g/mol. The summed E-state index contributed by atoms with van der Waals surface area (Å²) in [5.74, 6) is 0.915. The monoisotopic (exact) mass is 488 g/mol. The summed E-state index contributed by atoms with van der Waals surface area (Å²) in [5, 5.41) is 4.45. The van der Waals surface area contributed by atoms with Gasteiger partial charge in [0, 0.05) is 5.56 Å². The number of hydrogen-bond acceptors (Lipinski definition) is 5. The lowest BCUT2D eigenvalue weighted by Gasteiger charge is -2.12. The summed E-state index contributed by atoms with van der Waals surface area (Å²) in [4.78, 5) is 13.1. The molecule has 0 radical (unpaired) electrons. The smallest absolute Gasteiger partial charge is 0.259 e. The van der Waals surface area contributed by atoms with Crippen LogP contribution in [0, 0.1) is 0 Å². The van der Waals surface area contributed by atoms with Gasteiger partial charge in [-0.2, -0.15) is 4.72 Å². The van der Waals surface area contributed by atoms with Crippen molar-refractivity contribution in [1.82, 2.24) is 10.0 Å². The second kappa shape index (κ2) is 9.34. The SMILES string of the molecule is O=C1NC(NS(=O)(=O)c2ccc3ccccc3c2)S/C1=C\c1ccccc1Oc1ccccc1. The van der Waals surface area contributed by atoms with E-state index in [-0.39, 0.29) is 10.8 Å². The van der Waals surface area contributed by atoms with Gasteiger partial charge in [0.05, 0.1) is 9.80 Å². The van der Waals surface area contributed by atoms with Crippen LogP contribution >= 0.6 is 11.8 Å². The number of amides is 1. The molecule has 0 aromatic heterocycles. The van der Waals surface area contributed by atoms with E-state index in [1.807, 2.05) is 78.9 Å². The van der Waals surface area contributed by atoms with Gasteiger partial charge < -0.3 is 10.1 Å². The molecule has 1 aliphatic rings. The quantitative estimate of drug-likeness (QED) is 0.369. The number of para-hydroxylation sites is 2. The Kier molecular flexibility index (Phi) is 6.10. The van der Waals surface area contributed by atoms with Crippen molar-refractivity contribution in [3.8, 4) is 11.5 Å². The van der Waals surface area contributed by atoms with E-state index >= 15 is 0 Å².